The van der Waals surface area contributed by atoms with Gasteiger partial charge in [0.15, 0.2) is 0 Å². The van der Waals surface area contributed by atoms with E-state index in [1.54, 1.807) is 18.0 Å². The maximum absolute atomic E-state index is 13.1. The molecule has 0 atom stereocenters. The maximum atomic E-state index is 13.1. The molecule has 0 unspecified atom stereocenters. The van der Waals surface area contributed by atoms with Crippen molar-refractivity contribution < 1.29 is 17.6 Å². The van der Waals surface area contributed by atoms with Crippen molar-refractivity contribution >= 4 is 27.5 Å². The Morgan fingerprint density at radius 1 is 1.10 bits per heavy atom. The second kappa shape index (κ2) is 9.87. The molecule has 0 aliphatic carbocycles. The molecule has 1 aliphatic rings. The molecule has 0 spiro atoms. The summed E-state index contributed by atoms with van der Waals surface area (Å²) in [4.78, 5) is 16.3. The van der Waals surface area contributed by atoms with Crippen LogP contribution in [0, 0.1) is 5.82 Å². The highest BCUT2D eigenvalue weighted by molar-refractivity contribution is 7.89. The van der Waals surface area contributed by atoms with Gasteiger partial charge in [0.05, 0.1) is 11.4 Å². The van der Waals surface area contributed by atoms with Crippen LogP contribution in [0.15, 0.2) is 53.4 Å². The lowest BCUT2D eigenvalue weighted by Gasteiger charge is -2.24. The summed E-state index contributed by atoms with van der Waals surface area (Å²) in [6, 6.07) is 12.2. The fourth-order valence-electron chi connectivity index (χ4n) is 3.41. The number of nitrogens with zero attached hydrogens (tertiary/aromatic N) is 3. The average Bonchev–Trinajstić information content (AvgIpc) is 2.94. The SMILES string of the molecule is CN(Cc1cccc(Cl)c1)C(=O)CN1CCCN(S(=O)(=O)c2ccc(F)cc2)CC1. The van der Waals surface area contributed by atoms with Gasteiger partial charge in [-0.05, 0) is 54.9 Å². The average molecular weight is 454 g/mol. The number of carbonyl (C=O) groups is 1. The summed E-state index contributed by atoms with van der Waals surface area (Å²) in [7, 11) is -1.94. The molecular weight excluding hydrogens is 429 g/mol. The first-order valence-corrected chi connectivity index (χ1v) is 11.5. The lowest BCUT2D eigenvalue weighted by Crippen LogP contribution is -2.40. The van der Waals surface area contributed by atoms with Crippen molar-refractivity contribution in [2.75, 3.05) is 39.8 Å². The fraction of sp³-hybridized carbons (Fsp3) is 0.381. The molecule has 0 radical (unpaired) electrons. The number of hydrogen-bond acceptors (Lipinski definition) is 4. The smallest absolute Gasteiger partial charge is 0.243 e. The first kappa shape index (κ1) is 22.7. The molecule has 9 heteroatoms. The first-order chi connectivity index (χ1) is 14.3. The molecule has 30 heavy (non-hydrogen) atoms. The van der Waals surface area contributed by atoms with Crippen molar-refractivity contribution in [2.45, 2.75) is 17.9 Å². The number of halogens is 2. The van der Waals surface area contributed by atoms with Crippen LogP contribution < -0.4 is 0 Å². The normalized spacial score (nSPS) is 16.2. The monoisotopic (exact) mass is 453 g/mol. The predicted octanol–water partition coefficient (Wildman–Crippen LogP) is 2.83. The Labute approximate surface area is 181 Å². The van der Waals surface area contributed by atoms with Crippen molar-refractivity contribution in [1.29, 1.82) is 0 Å². The van der Waals surface area contributed by atoms with Crippen molar-refractivity contribution in [2.24, 2.45) is 0 Å². The quantitative estimate of drug-likeness (QED) is 0.674. The molecule has 2 aromatic carbocycles. The summed E-state index contributed by atoms with van der Waals surface area (Å²) >= 11 is 6.00. The molecule has 1 amide bonds. The zero-order chi connectivity index (χ0) is 21.7. The van der Waals surface area contributed by atoms with Gasteiger partial charge in [-0.25, -0.2) is 12.8 Å². The van der Waals surface area contributed by atoms with E-state index in [4.69, 9.17) is 11.6 Å². The van der Waals surface area contributed by atoms with Crippen LogP contribution in [-0.4, -0.2) is 68.2 Å². The Morgan fingerprint density at radius 3 is 2.53 bits per heavy atom. The van der Waals surface area contributed by atoms with Gasteiger partial charge in [-0.1, -0.05) is 23.7 Å². The molecule has 1 heterocycles. The molecule has 2 aromatic rings. The number of likely N-dealkylation sites (N-methyl/N-ethyl adjacent to an activating group) is 1. The third-order valence-electron chi connectivity index (χ3n) is 5.09. The minimum Gasteiger partial charge on any atom is -0.340 e. The van der Waals surface area contributed by atoms with Crippen LogP contribution >= 0.6 is 11.6 Å². The largest absolute Gasteiger partial charge is 0.340 e. The minimum atomic E-state index is -3.68. The molecule has 1 fully saturated rings. The van der Waals surface area contributed by atoms with Crippen LogP contribution in [0.4, 0.5) is 4.39 Å². The van der Waals surface area contributed by atoms with Gasteiger partial charge in [-0.2, -0.15) is 4.31 Å². The highest BCUT2D eigenvalue weighted by atomic mass is 35.5. The van der Waals surface area contributed by atoms with E-state index >= 15 is 0 Å². The zero-order valence-corrected chi connectivity index (χ0v) is 18.4. The number of hydrogen-bond donors (Lipinski definition) is 0. The number of benzene rings is 2. The summed E-state index contributed by atoms with van der Waals surface area (Å²) in [6.45, 7) is 2.41. The van der Waals surface area contributed by atoms with Crippen LogP contribution in [0.3, 0.4) is 0 Å². The summed E-state index contributed by atoms with van der Waals surface area (Å²) in [5, 5.41) is 0.628. The van der Waals surface area contributed by atoms with E-state index in [-0.39, 0.29) is 23.9 Å². The number of amides is 1. The lowest BCUT2D eigenvalue weighted by atomic mass is 10.2. The van der Waals surface area contributed by atoms with Crippen molar-refractivity contribution in [3.05, 3.63) is 64.9 Å². The molecule has 0 saturated carbocycles. The van der Waals surface area contributed by atoms with Crippen molar-refractivity contribution in [3.63, 3.8) is 0 Å². The van der Waals surface area contributed by atoms with E-state index in [9.17, 15) is 17.6 Å². The van der Waals surface area contributed by atoms with Crippen LogP contribution in [0.1, 0.15) is 12.0 Å². The van der Waals surface area contributed by atoms with Crippen LogP contribution in [0.5, 0.6) is 0 Å². The lowest BCUT2D eigenvalue weighted by molar-refractivity contribution is -0.131. The molecule has 162 valence electrons. The topological polar surface area (TPSA) is 60.9 Å². The molecule has 1 aliphatic heterocycles. The minimum absolute atomic E-state index is 0.0372. The van der Waals surface area contributed by atoms with Crippen LogP contribution in [0.2, 0.25) is 5.02 Å². The summed E-state index contributed by atoms with van der Waals surface area (Å²) < 4.78 is 40.2. The zero-order valence-electron chi connectivity index (χ0n) is 16.8. The van der Waals surface area contributed by atoms with Gasteiger partial charge in [0.2, 0.25) is 15.9 Å². The fourth-order valence-corrected chi connectivity index (χ4v) is 5.09. The van der Waals surface area contributed by atoms with Gasteiger partial charge in [0, 0.05) is 38.2 Å². The standard InChI is InChI=1S/C21H25ClFN3O3S/c1-24(15-17-4-2-5-18(22)14-17)21(27)16-25-10-3-11-26(13-12-25)30(28,29)20-8-6-19(23)7-9-20/h2,4-9,14H,3,10-13,15-16H2,1H3. The van der Waals surface area contributed by atoms with E-state index in [0.29, 0.717) is 37.6 Å². The van der Waals surface area contributed by atoms with E-state index < -0.39 is 15.8 Å². The molecule has 0 N–H and O–H groups in total. The van der Waals surface area contributed by atoms with E-state index in [0.717, 1.165) is 17.7 Å². The summed E-state index contributed by atoms with van der Waals surface area (Å²) in [6.07, 6.45) is 0.617. The number of sulfonamides is 1. The van der Waals surface area contributed by atoms with Gasteiger partial charge in [-0.15, -0.1) is 0 Å². The van der Waals surface area contributed by atoms with Gasteiger partial charge in [0.1, 0.15) is 5.82 Å². The highest BCUT2D eigenvalue weighted by Gasteiger charge is 2.27. The van der Waals surface area contributed by atoms with E-state index in [1.807, 2.05) is 23.1 Å². The Bertz CT molecular complexity index is 985. The Kier molecular flexibility index (Phi) is 7.46. The maximum Gasteiger partial charge on any atom is 0.243 e. The van der Waals surface area contributed by atoms with Gasteiger partial charge >= 0.3 is 0 Å². The van der Waals surface area contributed by atoms with E-state index in [2.05, 4.69) is 0 Å². The second-order valence-electron chi connectivity index (χ2n) is 7.37. The number of rotatable bonds is 6. The predicted molar refractivity (Wildman–Crippen MR) is 114 cm³/mol. The molecule has 0 bridgehead atoms. The first-order valence-electron chi connectivity index (χ1n) is 9.72. The second-order valence-corrected chi connectivity index (χ2v) is 9.74. The van der Waals surface area contributed by atoms with E-state index in [1.165, 1.54) is 16.4 Å². The van der Waals surface area contributed by atoms with Crippen molar-refractivity contribution in [1.82, 2.24) is 14.1 Å². The van der Waals surface area contributed by atoms with Gasteiger partial charge in [-0.3, -0.25) is 9.69 Å². The Morgan fingerprint density at radius 2 is 1.83 bits per heavy atom. The summed E-state index contributed by atoms with van der Waals surface area (Å²) in [5.74, 6) is -0.513. The van der Waals surface area contributed by atoms with Gasteiger partial charge in [0.25, 0.3) is 0 Å². The van der Waals surface area contributed by atoms with Gasteiger partial charge < -0.3 is 4.90 Å². The molecule has 6 nitrogen and oxygen atoms in total. The third-order valence-corrected chi connectivity index (χ3v) is 7.24. The summed E-state index contributed by atoms with van der Waals surface area (Å²) in [5.41, 5.74) is 0.950. The Hall–Kier alpha value is -2.00. The van der Waals surface area contributed by atoms with Crippen molar-refractivity contribution in [3.8, 4) is 0 Å². The molecule has 0 aromatic heterocycles. The van der Waals surface area contributed by atoms with Crippen LogP contribution in [-0.2, 0) is 21.4 Å². The third kappa shape index (κ3) is 5.78. The molecule has 3 rings (SSSR count). The molecule has 1 saturated heterocycles. The van der Waals surface area contributed by atoms with Crippen LogP contribution in [0.25, 0.3) is 0 Å². The number of carbonyl (C=O) groups excluding carboxylic acids is 1. The Balaban J connectivity index is 1.57. The highest BCUT2D eigenvalue weighted by Crippen LogP contribution is 2.18. The molecular formula is C21H25ClFN3O3S.